The molecule has 0 aliphatic carbocycles. The van der Waals surface area contributed by atoms with Gasteiger partial charge >= 0.3 is 0 Å². The van der Waals surface area contributed by atoms with Crippen LogP contribution in [0.1, 0.15) is 47.0 Å². The zero-order valence-corrected chi connectivity index (χ0v) is 11.8. The molecule has 88 valence electrons. The van der Waals surface area contributed by atoms with Crippen LogP contribution in [0.25, 0.3) is 0 Å². The smallest absolute Gasteiger partial charge is 0.236 e. The second-order valence-electron chi connectivity index (χ2n) is 5.16. The number of alkyl halides is 1. The van der Waals surface area contributed by atoms with Crippen LogP contribution in [0, 0.1) is 5.41 Å². The normalized spacial score (nSPS) is 25.5. The average Bonchev–Trinajstić information content (AvgIpc) is 2.21. The third-order valence-electron chi connectivity index (χ3n) is 3.92. The van der Waals surface area contributed by atoms with Crippen LogP contribution < -0.4 is 0 Å². The van der Waals surface area contributed by atoms with Crippen molar-refractivity contribution in [2.75, 3.05) is 6.54 Å². The third kappa shape index (κ3) is 2.74. The van der Waals surface area contributed by atoms with Gasteiger partial charge in [0.05, 0.1) is 4.83 Å². The lowest BCUT2D eigenvalue weighted by atomic mass is 9.81. The predicted molar refractivity (Wildman–Crippen MR) is 67.2 cm³/mol. The number of hydrogen-bond acceptors (Lipinski definition) is 1. The number of carbonyl (C=O) groups excluding carboxylic acids is 1. The Morgan fingerprint density at radius 1 is 1.60 bits per heavy atom. The molecule has 2 unspecified atom stereocenters. The average molecular weight is 276 g/mol. The van der Waals surface area contributed by atoms with E-state index < -0.39 is 0 Å². The molecular weight excluding hydrogens is 254 g/mol. The summed E-state index contributed by atoms with van der Waals surface area (Å²) in [5.41, 5.74) is 0.208. The van der Waals surface area contributed by atoms with E-state index in [2.05, 4.69) is 43.6 Å². The Bertz CT molecular complexity index is 240. The molecule has 1 aliphatic rings. The first-order valence-corrected chi connectivity index (χ1v) is 6.76. The molecule has 15 heavy (non-hydrogen) atoms. The van der Waals surface area contributed by atoms with Gasteiger partial charge in [-0.2, -0.15) is 0 Å². The van der Waals surface area contributed by atoms with Crippen molar-refractivity contribution in [3.8, 4) is 0 Å². The van der Waals surface area contributed by atoms with Gasteiger partial charge in [-0.1, -0.05) is 36.7 Å². The molecule has 2 atom stereocenters. The Labute approximate surface area is 102 Å². The molecule has 1 fully saturated rings. The summed E-state index contributed by atoms with van der Waals surface area (Å²) in [5.74, 6) is 0.273. The molecule has 1 rings (SSSR count). The van der Waals surface area contributed by atoms with Crippen molar-refractivity contribution in [1.82, 2.24) is 4.90 Å². The fraction of sp³-hybridized carbons (Fsp3) is 0.917. The lowest BCUT2D eigenvalue weighted by Gasteiger charge is -2.42. The summed E-state index contributed by atoms with van der Waals surface area (Å²) in [6.45, 7) is 9.76. The van der Waals surface area contributed by atoms with Crippen molar-refractivity contribution < 1.29 is 4.79 Å². The number of halogens is 1. The van der Waals surface area contributed by atoms with Crippen LogP contribution in [-0.2, 0) is 4.79 Å². The number of hydrogen-bond donors (Lipinski definition) is 0. The van der Waals surface area contributed by atoms with Crippen LogP contribution in [0.3, 0.4) is 0 Å². The highest BCUT2D eigenvalue weighted by Crippen LogP contribution is 2.31. The molecule has 1 heterocycles. The Balaban J connectivity index is 2.74. The van der Waals surface area contributed by atoms with Crippen LogP contribution in [0.15, 0.2) is 0 Å². The summed E-state index contributed by atoms with van der Waals surface area (Å²) < 4.78 is 0. The van der Waals surface area contributed by atoms with Gasteiger partial charge in [-0.05, 0) is 31.6 Å². The topological polar surface area (TPSA) is 20.3 Å². The van der Waals surface area contributed by atoms with Crippen LogP contribution >= 0.6 is 15.9 Å². The molecule has 0 aromatic carbocycles. The molecule has 3 heteroatoms. The quantitative estimate of drug-likeness (QED) is 0.725. The van der Waals surface area contributed by atoms with Gasteiger partial charge in [0.25, 0.3) is 0 Å². The van der Waals surface area contributed by atoms with Crippen LogP contribution in [0.2, 0.25) is 0 Å². The minimum atomic E-state index is 0.0429. The lowest BCUT2D eigenvalue weighted by molar-refractivity contribution is -0.137. The summed E-state index contributed by atoms with van der Waals surface area (Å²) in [6.07, 6.45) is 3.20. The van der Waals surface area contributed by atoms with Crippen molar-refractivity contribution in [1.29, 1.82) is 0 Å². The number of rotatable bonds is 3. The molecule has 0 N–H and O–H groups in total. The Hall–Kier alpha value is -0.0500. The van der Waals surface area contributed by atoms with Crippen molar-refractivity contribution in [2.45, 2.75) is 57.8 Å². The number of likely N-dealkylation sites (tertiary alicyclic amines) is 1. The Kier molecular flexibility index (Phi) is 4.21. The SMILES string of the molecule is CCC(C)(C)C(C)N1CCCC(Br)C1=O. The van der Waals surface area contributed by atoms with E-state index in [0.717, 1.165) is 25.8 Å². The van der Waals surface area contributed by atoms with Crippen molar-refractivity contribution >= 4 is 21.8 Å². The fourth-order valence-electron chi connectivity index (χ4n) is 1.96. The molecule has 0 radical (unpaired) electrons. The molecule has 0 bridgehead atoms. The molecule has 1 saturated heterocycles. The molecule has 1 amide bonds. The number of amides is 1. The maximum absolute atomic E-state index is 12.0. The lowest BCUT2D eigenvalue weighted by Crippen LogP contribution is -2.51. The number of nitrogens with zero attached hydrogens (tertiary/aromatic N) is 1. The van der Waals surface area contributed by atoms with Gasteiger partial charge in [-0.3, -0.25) is 4.79 Å². The minimum absolute atomic E-state index is 0.0429. The molecule has 0 saturated carbocycles. The highest BCUT2D eigenvalue weighted by Gasteiger charge is 2.36. The molecule has 0 spiro atoms. The molecule has 2 nitrogen and oxygen atoms in total. The maximum atomic E-state index is 12.0. The summed E-state index contributed by atoms with van der Waals surface area (Å²) in [5, 5.41) is 0. The van der Waals surface area contributed by atoms with E-state index in [1.54, 1.807) is 0 Å². The predicted octanol–water partition coefficient (Wildman–Crippen LogP) is 3.20. The van der Waals surface area contributed by atoms with E-state index in [1.807, 2.05) is 4.90 Å². The van der Waals surface area contributed by atoms with Gasteiger partial charge in [-0.15, -0.1) is 0 Å². The van der Waals surface area contributed by atoms with Crippen LogP contribution in [0.5, 0.6) is 0 Å². The second kappa shape index (κ2) is 4.86. The van der Waals surface area contributed by atoms with E-state index in [1.165, 1.54) is 0 Å². The molecular formula is C12H22BrNO. The molecule has 0 aromatic rings. The largest absolute Gasteiger partial charge is 0.338 e. The monoisotopic (exact) mass is 275 g/mol. The van der Waals surface area contributed by atoms with Crippen LogP contribution in [0.4, 0.5) is 0 Å². The van der Waals surface area contributed by atoms with E-state index >= 15 is 0 Å². The van der Waals surface area contributed by atoms with Crippen molar-refractivity contribution in [3.63, 3.8) is 0 Å². The molecule has 0 aromatic heterocycles. The maximum Gasteiger partial charge on any atom is 0.236 e. The number of piperidine rings is 1. The summed E-state index contributed by atoms with van der Waals surface area (Å²) in [4.78, 5) is 14.1. The van der Waals surface area contributed by atoms with Gasteiger partial charge < -0.3 is 4.90 Å². The first kappa shape index (κ1) is 13.0. The van der Waals surface area contributed by atoms with Gasteiger partial charge in [-0.25, -0.2) is 0 Å². The van der Waals surface area contributed by atoms with E-state index in [-0.39, 0.29) is 16.1 Å². The minimum Gasteiger partial charge on any atom is -0.338 e. The first-order chi connectivity index (χ1) is 6.90. The van der Waals surface area contributed by atoms with Crippen molar-refractivity contribution in [2.24, 2.45) is 5.41 Å². The van der Waals surface area contributed by atoms with Gasteiger partial charge in [0.15, 0.2) is 0 Å². The highest BCUT2D eigenvalue weighted by atomic mass is 79.9. The highest BCUT2D eigenvalue weighted by molar-refractivity contribution is 9.10. The molecule has 1 aliphatic heterocycles. The van der Waals surface area contributed by atoms with Gasteiger partial charge in [0.2, 0.25) is 5.91 Å². The Morgan fingerprint density at radius 2 is 2.20 bits per heavy atom. The second-order valence-corrected chi connectivity index (χ2v) is 6.26. The van der Waals surface area contributed by atoms with E-state index in [0.29, 0.717) is 6.04 Å². The summed E-state index contributed by atoms with van der Waals surface area (Å²) in [7, 11) is 0. The Morgan fingerprint density at radius 3 is 2.73 bits per heavy atom. The van der Waals surface area contributed by atoms with Gasteiger partial charge in [0, 0.05) is 12.6 Å². The summed E-state index contributed by atoms with van der Waals surface area (Å²) in [6, 6.07) is 0.329. The zero-order valence-electron chi connectivity index (χ0n) is 10.2. The summed E-state index contributed by atoms with van der Waals surface area (Å²) >= 11 is 3.46. The van der Waals surface area contributed by atoms with E-state index in [9.17, 15) is 4.79 Å². The fourth-order valence-corrected chi connectivity index (χ4v) is 2.54. The third-order valence-corrected chi connectivity index (χ3v) is 4.77. The zero-order chi connectivity index (χ0) is 11.6. The van der Waals surface area contributed by atoms with Crippen LogP contribution in [-0.4, -0.2) is 28.2 Å². The first-order valence-electron chi connectivity index (χ1n) is 5.84. The number of carbonyl (C=O) groups is 1. The van der Waals surface area contributed by atoms with Gasteiger partial charge in [0.1, 0.15) is 0 Å². The van der Waals surface area contributed by atoms with E-state index in [4.69, 9.17) is 0 Å². The van der Waals surface area contributed by atoms with Crippen molar-refractivity contribution in [3.05, 3.63) is 0 Å². The standard InChI is InChI=1S/C12H22BrNO/c1-5-12(3,4)9(2)14-8-6-7-10(13)11(14)15/h9-10H,5-8H2,1-4H3.